The highest BCUT2D eigenvalue weighted by atomic mass is 32.1. The normalized spacial score (nSPS) is 19.4. The van der Waals surface area contributed by atoms with Crippen molar-refractivity contribution < 1.29 is 19.4 Å². The first-order chi connectivity index (χ1) is 14.2. The molecule has 1 amide bonds. The summed E-state index contributed by atoms with van der Waals surface area (Å²) in [6.07, 6.45) is 0. The molecule has 2 aromatic carbocycles. The lowest BCUT2D eigenvalue weighted by molar-refractivity contribution is -0.137. The maximum Gasteiger partial charge on any atom is 0.242 e. The van der Waals surface area contributed by atoms with E-state index in [1.54, 1.807) is 22.3 Å². The van der Waals surface area contributed by atoms with Crippen molar-refractivity contribution in [1.29, 1.82) is 0 Å². The lowest BCUT2D eigenvalue weighted by Gasteiger charge is -2.29. The highest BCUT2D eigenvalue weighted by molar-refractivity contribution is 7.21. The zero-order chi connectivity index (χ0) is 19.8. The number of phenols is 1. The maximum atomic E-state index is 12.9. The first-order valence-electron chi connectivity index (χ1n) is 9.63. The van der Waals surface area contributed by atoms with Crippen molar-refractivity contribution in [2.45, 2.75) is 12.6 Å². The minimum atomic E-state index is -0.341. The largest absolute Gasteiger partial charge is 0.504 e. The molecule has 5 rings (SSSR count). The summed E-state index contributed by atoms with van der Waals surface area (Å²) >= 11 is 1.57. The Labute approximate surface area is 171 Å². The number of amides is 1. The third kappa shape index (κ3) is 3.55. The van der Waals surface area contributed by atoms with Gasteiger partial charge in [-0.25, -0.2) is 4.98 Å². The van der Waals surface area contributed by atoms with E-state index in [-0.39, 0.29) is 17.7 Å². The van der Waals surface area contributed by atoms with Crippen LogP contribution in [0.5, 0.6) is 11.5 Å². The van der Waals surface area contributed by atoms with Crippen LogP contribution in [0.15, 0.2) is 36.4 Å². The van der Waals surface area contributed by atoms with Crippen LogP contribution in [0.1, 0.15) is 5.56 Å². The van der Waals surface area contributed by atoms with Gasteiger partial charge in [0.05, 0.1) is 30.0 Å². The zero-order valence-electron chi connectivity index (χ0n) is 15.8. The van der Waals surface area contributed by atoms with Gasteiger partial charge in [0.1, 0.15) is 17.7 Å². The molecular weight excluding hydrogens is 390 g/mol. The lowest BCUT2D eigenvalue weighted by atomic mass is 10.1. The number of fused-ring (bicyclic) bond motifs is 2. The average Bonchev–Trinajstić information content (AvgIpc) is 3.07. The number of thiazole rings is 1. The predicted molar refractivity (Wildman–Crippen MR) is 110 cm³/mol. The number of rotatable bonds is 2. The number of para-hydroxylation sites is 1. The Morgan fingerprint density at radius 3 is 3.00 bits per heavy atom. The van der Waals surface area contributed by atoms with Crippen LogP contribution in [0.4, 0.5) is 0 Å². The second-order valence-electron chi connectivity index (χ2n) is 7.16. The second-order valence-corrected chi connectivity index (χ2v) is 8.19. The van der Waals surface area contributed by atoms with Gasteiger partial charge in [0.15, 0.2) is 11.5 Å². The molecule has 1 fully saturated rings. The van der Waals surface area contributed by atoms with Crippen molar-refractivity contribution in [3.63, 3.8) is 0 Å². The molecule has 150 valence electrons. The van der Waals surface area contributed by atoms with Gasteiger partial charge in [0, 0.05) is 24.2 Å². The number of hydrogen-bond acceptors (Lipinski definition) is 7. The summed E-state index contributed by atoms with van der Waals surface area (Å²) in [7, 11) is 0. The third-order valence-electron chi connectivity index (χ3n) is 5.19. The van der Waals surface area contributed by atoms with Crippen LogP contribution in [-0.4, -0.2) is 59.8 Å². The minimum Gasteiger partial charge on any atom is -0.504 e. The van der Waals surface area contributed by atoms with E-state index >= 15 is 0 Å². The smallest absolute Gasteiger partial charge is 0.242 e. The number of carbonyl (C=O) groups is 1. The molecule has 3 heterocycles. The van der Waals surface area contributed by atoms with Gasteiger partial charge >= 0.3 is 0 Å². The van der Waals surface area contributed by atoms with Crippen LogP contribution in [0.2, 0.25) is 0 Å². The van der Waals surface area contributed by atoms with Crippen LogP contribution < -0.4 is 10.1 Å². The van der Waals surface area contributed by atoms with Crippen molar-refractivity contribution in [3.05, 3.63) is 42.0 Å². The molecule has 1 atom stereocenters. The predicted octanol–water partition coefficient (Wildman–Crippen LogP) is 2.38. The number of aromatic nitrogens is 1. The van der Waals surface area contributed by atoms with Crippen molar-refractivity contribution >= 4 is 27.5 Å². The molecule has 1 aromatic heterocycles. The summed E-state index contributed by atoms with van der Waals surface area (Å²) in [6.45, 7) is 2.83. The number of nitrogens with zero attached hydrogens (tertiary/aromatic N) is 2. The Bertz CT molecular complexity index is 1030. The molecule has 2 aliphatic heterocycles. The molecule has 7 nitrogen and oxygen atoms in total. The van der Waals surface area contributed by atoms with E-state index in [1.807, 2.05) is 30.3 Å². The average molecular weight is 411 g/mol. The Hall–Kier alpha value is -2.68. The molecule has 1 unspecified atom stereocenters. The number of benzene rings is 2. The zero-order valence-corrected chi connectivity index (χ0v) is 16.6. The highest BCUT2D eigenvalue weighted by Crippen LogP contribution is 2.39. The van der Waals surface area contributed by atoms with Crippen molar-refractivity contribution in [1.82, 2.24) is 15.2 Å². The number of morpholine rings is 1. The Balaban J connectivity index is 1.47. The van der Waals surface area contributed by atoms with Crippen molar-refractivity contribution in [2.24, 2.45) is 0 Å². The summed E-state index contributed by atoms with van der Waals surface area (Å²) in [5, 5.41) is 14.6. The molecule has 0 aliphatic carbocycles. The second kappa shape index (κ2) is 7.62. The minimum absolute atomic E-state index is 0.00831. The Morgan fingerprint density at radius 2 is 2.17 bits per heavy atom. The topological polar surface area (TPSA) is 83.9 Å². The van der Waals surface area contributed by atoms with Crippen LogP contribution in [0.25, 0.3) is 20.8 Å². The molecule has 8 heteroatoms. The van der Waals surface area contributed by atoms with E-state index < -0.39 is 0 Å². The van der Waals surface area contributed by atoms with Gasteiger partial charge in [-0.3, -0.25) is 4.79 Å². The molecule has 3 aromatic rings. The SMILES string of the molecule is O=C(C1COCCN1)N1CCOc2c(O)cc(-c3nc4ccccc4s3)cc2C1. The Morgan fingerprint density at radius 1 is 1.28 bits per heavy atom. The summed E-state index contributed by atoms with van der Waals surface area (Å²) in [6, 6.07) is 11.3. The fourth-order valence-electron chi connectivity index (χ4n) is 3.75. The molecular formula is C21H21N3O4S. The van der Waals surface area contributed by atoms with Crippen molar-refractivity contribution in [2.75, 3.05) is 32.9 Å². The maximum absolute atomic E-state index is 12.9. The van der Waals surface area contributed by atoms with Crippen LogP contribution >= 0.6 is 11.3 Å². The van der Waals surface area contributed by atoms with E-state index in [0.717, 1.165) is 26.4 Å². The van der Waals surface area contributed by atoms with Crippen LogP contribution in [0.3, 0.4) is 0 Å². The molecule has 2 aliphatic rings. The van der Waals surface area contributed by atoms with Gasteiger partial charge in [-0.15, -0.1) is 11.3 Å². The number of hydrogen-bond donors (Lipinski definition) is 2. The number of aromatic hydroxyl groups is 1. The molecule has 2 N–H and O–H groups in total. The van der Waals surface area contributed by atoms with Gasteiger partial charge in [-0.2, -0.15) is 0 Å². The fourth-order valence-corrected chi connectivity index (χ4v) is 4.70. The molecule has 0 spiro atoms. The molecule has 0 saturated carbocycles. The lowest BCUT2D eigenvalue weighted by Crippen LogP contribution is -2.52. The summed E-state index contributed by atoms with van der Waals surface area (Å²) in [4.78, 5) is 19.4. The fraction of sp³-hybridized carbons (Fsp3) is 0.333. The van der Waals surface area contributed by atoms with Gasteiger partial charge in [0.2, 0.25) is 5.91 Å². The van der Waals surface area contributed by atoms with Gasteiger partial charge < -0.3 is 24.8 Å². The van der Waals surface area contributed by atoms with Crippen LogP contribution in [-0.2, 0) is 16.1 Å². The van der Waals surface area contributed by atoms with E-state index in [4.69, 9.17) is 9.47 Å². The number of carbonyl (C=O) groups excluding carboxylic acids is 1. The molecule has 1 saturated heterocycles. The number of nitrogens with one attached hydrogen (secondary N) is 1. The summed E-state index contributed by atoms with van der Waals surface area (Å²) in [5.74, 6) is 0.509. The van der Waals surface area contributed by atoms with Gasteiger partial charge in [0.25, 0.3) is 0 Å². The molecule has 29 heavy (non-hydrogen) atoms. The first kappa shape index (κ1) is 18.4. The Kier molecular flexibility index (Phi) is 4.83. The molecule has 0 bridgehead atoms. The monoisotopic (exact) mass is 411 g/mol. The van der Waals surface area contributed by atoms with Gasteiger partial charge in [-0.05, 0) is 24.3 Å². The number of phenolic OH excluding ortho intramolecular Hbond substituents is 1. The number of ether oxygens (including phenoxy) is 2. The first-order valence-corrected chi connectivity index (χ1v) is 10.5. The van der Waals surface area contributed by atoms with E-state index in [1.165, 1.54) is 0 Å². The standard InChI is InChI=1S/C21H21N3O4S/c25-17-10-13(20-23-15-3-1-2-4-18(15)29-20)9-14-11-24(6-8-28-19(14)17)21(26)16-12-27-7-5-22-16/h1-4,9-10,16,22,25H,5-8,11-12H2. The van der Waals surface area contributed by atoms with Gasteiger partial charge in [-0.1, -0.05) is 12.1 Å². The van der Waals surface area contributed by atoms with Crippen molar-refractivity contribution in [3.8, 4) is 22.1 Å². The van der Waals surface area contributed by atoms with Crippen LogP contribution in [0, 0.1) is 0 Å². The summed E-state index contributed by atoms with van der Waals surface area (Å²) in [5.41, 5.74) is 2.53. The van der Waals surface area contributed by atoms with E-state index in [2.05, 4.69) is 10.3 Å². The third-order valence-corrected chi connectivity index (χ3v) is 6.27. The molecule has 0 radical (unpaired) electrons. The quantitative estimate of drug-likeness (QED) is 0.674. The van der Waals surface area contributed by atoms with E-state index in [0.29, 0.717) is 45.2 Å². The van der Waals surface area contributed by atoms with E-state index in [9.17, 15) is 9.90 Å². The summed E-state index contributed by atoms with van der Waals surface area (Å²) < 4.78 is 12.3. The highest BCUT2D eigenvalue weighted by Gasteiger charge is 2.29.